The summed E-state index contributed by atoms with van der Waals surface area (Å²) in [6.07, 6.45) is 10.5. The smallest absolute Gasteiger partial charge is 0.140 e. The third kappa shape index (κ3) is 4.56. The summed E-state index contributed by atoms with van der Waals surface area (Å²) in [6.45, 7) is 9.17. The first-order valence-corrected chi connectivity index (χ1v) is 12.3. The number of hydrogen-bond acceptors (Lipinski definition) is 3. The summed E-state index contributed by atoms with van der Waals surface area (Å²) >= 11 is 0. The van der Waals surface area contributed by atoms with Crippen LogP contribution in [-0.4, -0.2) is 51.6 Å². The van der Waals surface area contributed by atoms with Crippen LogP contribution in [-0.2, 0) is 13.1 Å². The van der Waals surface area contributed by atoms with Crippen molar-refractivity contribution in [1.82, 2.24) is 19.4 Å². The summed E-state index contributed by atoms with van der Waals surface area (Å²) in [5.41, 5.74) is 2.45. The number of aromatic nitrogens is 2. The van der Waals surface area contributed by atoms with Gasteiger partial charge >= 0.3 is 0 Å². The van der Waals surface area contributed by atoms with Gasteiger partial charge in [0.05, 0.1) is 5.69 Å². The molecule has 4 nitrogen and oxygen atoms in total. The Morgan fingerprint density at radius 1 is 0.871 bits per heavy atom. The Balaban J connectivity index is 1.28. The van der Waals surface area contributed by atoms with Crippen molar-refractivity contribution in [2.75, 3.05) is 26.2 Å². The number of rotatable bonds is 5. The van der Waals surface area contributed by atoms with E-state index in [-0.39, 0.29) is 0 Å². The molecule has 5 rings (SSSR count). The van der Waals surface area contributed by atoms with Crippen LogP contribution in [0.25, 0.3) is 22.2 Å². The van der Waals surface area contributed by atoms with E-state index in [2.05, 4.69) is 70.0 Å². The van der Waals surface area contributed by atoms with Crippen molar-refractivity contribution in [3.63, 3.8) is 0 Å². The Bertz CT molecular complexity index is 986. The average Bonchev–Trinajstić information content (AvgIpc) is 3.02. The average molecular weight is 417 g/mol. The molecule has 2 saturated heterocycles. The monoisotopic (exact) mass is 416 g/mol. The third-order valence-electron chi connectivity index (χ3n) is 7.30. The summed E-state index contributed by atoms with van der Waals surface area (Å²) < 4.78 is 2.32. The van der Waals surface area contributed by atoms with Gasteiger partial charge in [0, 0.05) is 44.0 Å². The molecule has 4 heteroatoms. The van der Waals surface area contributed by atoms with Crippen LogP contribution in [0.3, 0.4) is 0 Å². The van der Waals surface area contributed by atoms with Crippen LogP contribution in [0.1, 0.15) is 51.1 Å². The van der Waals surface area contributed by atoms with Gasteiger partial charge in [-0.15, -0.1) is 0 Å². The zero-order valence-electron chi connectivity index (χ0n) is 19.0. The second-order valence-corrected chi connectivity index (χ2v) is 9.33. The molecule has 31 heavy (non-hydrogen) atoms. The van der Waals surface area contributed by atoms with Gasteiger partial charge in [-0.3, -0.25) is 4.90 Å². The Morgan fingerprint density at radius 3 is 2.39 bits per heavy atom. The number of aryl methyl sites for hydroxylation is 1. The molecule has 0 amide bonds. The lowest BCUT2D eigenvalue weighted by molar-refractivity contribution is 0.106. The number of nitrogens with zero attached hydrogens (tertiary/aromatic N) is 4. The van der Waals surface area contributed by atoms with Crippen molar-refractivity contribution >= 4 is 10.8 Å². The van der Waals surface area contributed by atoms with Gasteiger partial charge in [0.1, 0.15) is 5.82 Å². The van der Waals surface area contributed by atoms with E-state index in [0.717, 1.165) is 25.0 Å². The second kappa shape index (κ2) is 9.54. The van der Waals surface area contributed by atoms with E-state index in [1.807, 2.05) is 0 Å². The molecular weight excluding hydrogens is 380 g/mol. The number of likely N-dealkylation sites (tertiary alicyclic amines) is 2. The summed E-state index contributed by atoms with van der Waals surface area (Å²) in [7, 11) is 0. The second-order valence-electron chi connectivity index (χ2n) is 9.33. The maximum atomic E-state index is 5.13. The molecule has 0 unspecified atom stereocenters. The van der Waals surface area contributed by atoms with Crippen LogP contribution in [0.2, 0.25) is 0 Å². The molecule has 3 aromatic rings. The van der Waals surface area contributed by atoms with Crippen molar-refractivity contribution in [3.8, 4) is 11.4 Å². The van der Waals surface area contributed by atoms with Gasteiger partial charge in [-0.25, -0.2) is 4.98 Å². The molecule has 2 aliphatic rings. The highest BCUT2D eigenvalue weighted by Crippen LogP contribution is 2.29. The summed E-state index contributed by atoms with van der Waals surface area (Å²) in [5, 5.41) is 2.57. The molecule has 0 saturated carbocycles. The van der Waals surface area contributed by atoms with E-state index in [0.29, 0.717) is 0 Å². The van der Waals surface area contributed by atoms with E-state index in [4.69, 9.17) is 4.98 Å². The first kappa shape index (κ1) is 20.7. The lowest BCUT2D eigenvalue weighted by Gasteiger charge is -2.38. The first-order valence-electron chi connectivity index (χ1n) is 12.3. The largest absolute Gasteiger partial charge is 0.331 e. The number of hydrogen-bond donors (Lipinski definition) is 0. The Morgan fingerprint density at radius 2 is 1.61 bits per heavy atom. The van der Waals surface area contributed by atoms with Gasteiger partial charge in [-0.1, -0.05) is 55.3 Å². The lowest BCUT2D eigenvalue weighted by atomic mass is 10.0. The molecule has 2 fully saturated rings. The first-order chi connectivity index (χ1) is 15.3. The standard InChI is InChI=1S/C27H36N4/c1-2-30-21-23(28-27(30)26-13-9-11-22-10-5-6-12-25(22)26)20-29-18-14-24(15-19-29)31-16-7-3-4-8-17-31/h5-6,9-13,21,24H,2-4,7-8,14-20H2,1H3. The fraction of sp³-hybridized carbons (Fsp3) is 0.519. The highest BCUT2D eigenvalue weighted by Gasteiger charge is 2.25. The van der Waals surface area contributed by atoms with E-state index in [1.54, 1.807) is 0 Å². The van der Waals surface area contributed by atoms with Gasteiger partial charge in [0.25, 0.3) is 0 Å². The molecule has 1 aromatic heterocycles. The molecule has 164 valence electrons. The molecule has 0 N–H and O–H groups in total. The van der Waals surface area contributed by atoms with Gasteiger partial charge < -0.3 is 9.47 Å². The van der Waals surface area contributed by atoms with E-state index in [9.17, 15) is 0 Å². The van der Waals surface area contributed by atoms with Crippen molar-refractivity contribution in [3.05, 3.63) is 54.4 Å². The Labute approximate surface area is 186 Å². The normalized spacial score (nSPS) is 19.6. The maximum Gasteiger partial charge on any atom is 0.140 e. The van der Waals surface area contributed by atoms with Crippen LogP contribution < -0.4 is 0 Å². The van der Waals surface area contributed by atoms with Gasteiger partial charge in [-0.05, 0) is 56.5 Å². The van der Waals surface area contributed by atoms with Crippen molar-refractivity contribution < 1.29 is 0 Å². The number of piperidine rings is 1. The molecule has 0 aliphatic carbocycles. The summed E-state index contributed by atoms with van der Waals surface area (Å²) in [5.74, 6) is 1.11. The lowest BCUT2D eigenvalue weighted by Crippen LogP contribution is -2.45. The van der Waals surface area contributed by atoms with Gasteiger partial charge in [0.2, 0.25) is 0 Å². The number of benzene rings is 2. The van der Waals surface area contributed by atoms with E-state index < -0.39 is 0 Å². The van der Waals surface area contributed by atoms with Crippen LogP contribution in [0.15, 0.2) is 48.7 Å². The molecule has 0 spiro atoms. The molecule has 2 aliphatic heterocycles. The fourth-order valence-electron chi connectivity index (χ4n) is 5.55. The predicted molar refractivity (Wildman–Crippen MR) is 129 cm³/mol. The van der Waals surface area contributed by atoms with Gasteiger partial charge in [0.15, 0.2) is 0 Å². The van der Waals surface area contributed by atoms with Crippen molar-refractivity contribution in [2.24, 2.45) is 0 Å². The SMILES string of the molecule is CCn1cc(CN2CCC(N3CCCCCC3)CC2)nc1-c1cccc2ccccc12. The molecule has 2 aromatic carbocycles. The number of imidazole rings is 1. The Hall–Kier alpha value is -2.17. The van der Waals surface area contributed by atoms with Crippen molar-refractivity contribution in [1.29, 1.82) is 0 Å². The number of fused-ring (bicyclic) bond motifs is 1. The topological polar surface area (TPSA) is 24.3 Å². The quantitative estimate of drug-likeness (QED) is 0.544. The minimum Gasteiger partial charge on any atom is -0.331 e. The highest BCUT2D eigenvalue weighted by atomic mass is 15.2. The van der Waals surface area contributed by atoms with Crippen LogP contribution >= 0.6 is 0 Å². The van der Waals surface area contributed by atoms with Crippen LogP contribution in [0, 0.1) is 0 Å². The minimum absolute atomic E-state index is 0.800. The van der Waals surface area contributed by atoms with Gasteiger partial charge in [-0.2, -0.15) is 0 Å². The predicted octanol–water partition coefficient (Wildman–Crippen LogP) is 5.56. The molecule has 0 bridgehead atoms. The zero-order chi connectivity index (χ0) is 21.0. The Kier molecular flexibility index (Phi) is 6.37. The fourth-order valence-corrected chi connectivity index (χ4v) is 5.55. The molecule has 0 atom stereocenters. The molecular formula is C27H36N4. The van der Waals surface area contributed by atoms with Crippen molar-refractivity contribution in [2.45, 2.75) is 64.6 Å². The summed E-state index contributed by atoms with van der Waals surface area (Å²) in [4.78, 5) is 10.5. The zero-order valence-corrected chi connectivity index (χ0v) is 19.0. The van der Waals surface area contributed by atoms with E-state index >= 15 is 0 Å². The maximum absolute atomic E-state index is 5.13. The minimum atomic E-state index is 0.800. The molecule has 0 radical (unpaired) electrons. The van der Waals surface area contributed by atoms with Crippen LogP contribution in [0.4, 0.5) is 0 Å². The summed E-state index contributed by atoms with van der Waals surface area (Å²) in [6, 6.07) is 16.0. The van der Waals surface area contributed by atoms with E-state index in [1.165, 1.54) is 86.7 Å². The van der Waals surface area contributed by atoms with Crippen LogP contribution in [0.5, 0.6) is 0 Å². The molecule has 3 heterocycles. The highest BCUT2D eigenvalue weighted by molar-refractivity contribution is 5.95. The third-order valence-corrected chi connectivity index (χ3v) is 7.30.